The Morgan fingerprint density at radius 1 is 1.06 bits per heavy atom. The number of benzene rings is 1. The van der Waals surface area contributed by atoms with Gasteiger partial charge < -0.3 is 15.0 Å². The normalized spacial score (nSPS) is 28.5. The molecule has 5 rings (SSSR count). The number of piperazine rings is 1. The first kappa shape index (κ1) is 24.1. The van der Waals surface area contributed by atoms with Gasteiger partial charge >= 0.3 is 0 Å². The molecule has 35 heavy (non-hydrogen) atoms. The summed E-state index contributed by atoms with van der Waals surface area (Å²) in [4.78, 5) is 44.4. The Morgan fingerprint density at radius 3 is 2.57 bits per heavy atom. The SMILES string of the molecule is COc1ccccc1N1CCN(CCNC(=O)[C@@H]2CCC(=O)N2C(=O)CC2C[C@H]3CC[C@@H]2C3)CC1. The molecule has 2 bridgehead atoms. The number of methoxy groups -OCH3 is 1. The lowest BCUT2D eigenvalue weighted by Crippen LogP contribution is -2.51. The number of carbonyl (C=O) groups is 3. The van der Waals surface area contributed by atoms with Crippen LogP contribution in [0.15, 0.2) is 24.3 Å². The molecular weight excluding hydrogens is 444 g/mol. The zero-order valence-corrected chi connectivity index (χ0v) is 20.8. The number of anilines is 1. The summed E-state index contributed by atoms with van der Waals surface area (Å²) in [5.74, 6) is 2.17. The first-order valence-corrected chi connectivity index (χ1v) is 13.3. The molecule has 2 aliphatic carbocycles. The molecule has 2 heterocycles. The van der Waals surface area contributed by atoms with E-state index in [1.54, 1.807) is 7.11 Å². The Kier molecular flexibility index (Phi) is 7.27. The molecule has 3 amide bonds. The second kappa shape index (κ2) is 10.6. The quantitative estimate of drug-likeness (QED) is 0.612. The molecule has 0 aromatic heterocycles. The van der Waals surface area contributed by atoms with Crippen LogP contribution in [0.25, 0.3) is 0 Å². The smallest absolute Gasteiger partial charge is 0.243 e. The van der Waals surface area contributed by atoms with Crippen molar-refractivity contribution in [3.63, 3.8) is 0 Å². The first-order valence-electron chi connectivity index (χ1n) is 13.3. The summed E-state index contributed by atoms with van der Waals surface area (Å²) in [7, 11) is 1.70. The van der Waals surface area contributed by atoms with E-state index in [1.165, 1.54) is 24.2 Å². The van der Waals surface area contributed by atoms with Crippen LogP contribution in [0, 0.1) is 17.8 Å². The zero-order valence-electron chi connectivity index (χ0n) is 20.8. The van der Waals surface area contributed by atoms with E-state index >= 15 is 0 Å². The molecule has 0 spiro atoms. The van der Waals surface area contributed by atoms with Crippen molar-refractivity contribution in [3.05, 3.63) is 24.3 Å². The van der Waals surface area contributed by atoms with Gasteiger partial charge in [-0.1, -0.05) is 18.6 Å². The van der Waals surface area contributed by atoms with Crippen molar-refractivity contribution < 1.29 is 19.1 Å². The van der Waals surface area contributed by atoms with Crippen LogP contribution >= 0.6 is 0 Å². The second-order valence-corrected chi connectivity index (χ2v) is 10.6. The number of imide groups is 1. The predicted molar refractivity (Wildman–Crippen MR) is 133 cm³/mol. The molecule has 1 N–H and O–H groups in total. The molecule has 1 aromatic rings. The van der Waals surface area contributed by atoms with E-state index in [2.05, 4.69) is 21.2 Å². The maximum Gasteiger partial charge on any atom is 0.243 e. The van der Waals surface area contributed by atoms with Crippen LogP contribution in [0.3, 0.4) is 0 Å². The molecule has 190 valence electrons. The van der Waals surface area contributed by atoms with Crippen LogP contribution in [0.1, 0.15) is 44.9 Å². The predicted octanol–water partition coefficient (Wildman–Crippen LogP) is 2.28. The van der Waals surface area contributed by atoms with E-state index in [0.717, 1.165) is 56.5 Å². The van der Waals surface area contributed by atoms with Gasteiger partial charge in [-0.25, -0.2) is 0 Å². The van der Waals surface area contributed by atoms with Gasteiger partial charge in [0.25, 0.3) is 0 Å². The Hall–Kier alpha value is -2.61. The number of carbonyl (C=O) groups excluding carboxylic acids is 3. The highest BCUT2D eigenvalue weighted by atomic mass is 16.5. The fraction of sp³-hybridized carbons (Fsp3) is 0.667. The fourth-order valence-corrected chi connectivity index (χ4v) is 6.75. The Morgan fingerprint density at radius 2 is 1.86 bits per heavy atom. The lowest BCUT2D eigenvalue weighted by Gasteiger charge is -2.36. The first-order chi connectivity index (χ1) is 17.0. The van der Waals surface area contributed by atoms with Gasteiger partial charge in [0, 0.05) is 52.1 Å². The van der Waals surface area contributed by atoms with Crippen LogP contribution in [0.4, 0.5) is 5.69 Å². The molecule has 0 radical (unpaired) electrons. The van der Waals surface area contributed by atoms with Crippen molar-refractivity contribution in [2.45, 2.75) is 51.0 Å². The van der Waals surface area contributed by atoms with Gasteiger partial charge in [0.15, 0.2) is 0 Å². The molecule has 8 heteroatoms. The molecule has 2 aliphatic heterocycles. The monoisotopic (exact) mass is 482 g/mol. The molecule has 4 aliphatic rings. The number of hydrogen-bond donors (Lipinski definition) is 1. The van der Waals surface area contributed by atoms with Gasteiger partial charge in [0.2, 0.25) is 17.7 Å². The third-order valence-corrected chi connectivity index (χ3v) is 8.63. The third-order valence-electron chi connectivity index (χ3n) is 8.63. The van der Waals surface area contributed by atoms with Crippen molar-refractivity contribution in [2.75, 3.05) is 51.3 Å². The molecule has 4 fully saturated rings. The standard InChI is InChI=1S/C27H38N4O4/c1-35-24-5-3-2-4-22(24)30-14-12-29(13-15-30)11-10-28-27(34)23-8-9-25(32)31(23)26(33)18-21-17-19-6-7-20(21)16-19/h2-5,19-21,23H,6-18H2,1H3,(H,28,34)/t19-,20+,21?,23-/m0/s1. The minimum absolute atomic E-state index is 0.141. The van der Waals surface area contributed by atoms with Crippen LogP contribution in [-0.4, -0.2) is 79.9 Å². The lowest BCUT2D eigenvalue weighted by molar-refractivity contribution is -0.148. The summed E-state index contributed by atoms with van der Waals surface area (Å²) >= 11 is 0. The maximum atomic E-state index is 13.0. The number of amides is 3. The number of rotatable bonds is 8. The fourth-order valence-electron chi connectivity index (χ4n) is 6.75. The summed E-state index contributed by atoms with van der Waals surface area (Å²) in [5, 5.41) is 3.00. The average molecular weight is 483 g/mol. The molecular formula is C27H38N4O4. The van der Waals surface area contributed by atoms with Gasteiger partial charge in [-0.15, -0.1) is 0 Å². The minimum atomic E-state index is -0.643. The molecule has 4 atom stereocenters. The number of nitrogens with zero attached hydrogens (tertiary/aromatic N) is 3. The van der Waals surface area contributed by atoms with Crippen LogP contribution in [0.5, 0.6) is 5.75 Å². The summed E-state index contributed by atoms with van der Waals surface area (Å²) in [6.07, 6.45) is 6.00. The van der Waals surface area contributed by atoms with E-state index in [-0.39, 0.29) is 24.1 Å². The molecule has 1 aromatic carbocycles. The number of hydrogen-bond acceptors (Lipinski definition) is 6. The van der Waals surface area contributed by atoms with E-state index in [0.29, 0.717) is 31.2 Å². The Balaban J connectivity index is 1.07. The number of ether oxygens (including phenoxy) is 1. The molecule has 1 unspecified atom stereocenters. The summed E-state index contributed by atoms with van der Waals surface area (Å²) in [6.45, 7) is 4.89. The molecule has 2 saturated heterocycles. The largest absolute Gasteiger partial charge is 0.495 e. The molecule has 2 saturated carbocycles. The highest BCUT2D eigenvalue weighted by Gasteiger charge is 2.44. The summed E-state index contributed by atoms with van der Waals surface area (Å²) in [5.41, 5.74) is 1.11. The van der Waals surface area contributed by atoms with Crippen LogP contribution in [0.2, 0.25) is 0 Å². The van der Waals surface area contributed by atoms with Crippen molar-refractivity contribution in [1.29, 1.82) is 0 Å². The Labute approximate surface area is 207 Å². The molecule has 8 nitrogen and oxygen atoms in total. The number of para-hydroxylation sites is 2. The van der Waals surface area contributed by atoms with Crippen molar-refractivity contribution in [2.24, 2.45) is 17.8 Å². The van der Waals surface area contributed by atoms with Crippen molar-refractivity contribution >= 4 is 23.4 Å². The number of likely N-dealkylation sites (tertiary alicyclic amines) is 1. The van der Waals surface area contributed by atoms with E-state index < -0.39 is 6.04 Å². The zero-order chi connectivity index (χ0) is 24.4. The van der Waals surface area contributed by atoms with Gasteiger partial charge in [0.05, 0.1) is 12.8 Å². The van der Waals surface area contributed by atoms with Crippen LogP contribution < -0.4 is 15.0 Å². The van der Waals surface area contributed by atoms with E-state index in [1.807, 2.05) is 18.2 Å². The number of fused-ring (bicyclic) bond motifs is 2. The van der Waals surface area contributed by atoms with E-state index in [9.17, 15) is 14.4 Å². The van der Waals surface area contributed by atoms with Crippen molar-refractivity contribution in [1.82, 2.24) is 15.1 Å². The van der Waals surface area contributed by atoms with Crippen LogP contribution in [-0.2, 0) is 14.4 Å². The lowest BCUT2D eigenvalue weighted by atomic mass is 9.86. The number of nitrogens with one attached hydrogen (secondary N) is 1. The Bertz CT molecular complexity index is 945. The highest BCUT2D eigenvalue weighted by Crippen LogP contribution is 2.49. The van der Waals surface area contributed by atoms with Gasteiger partial charge in [0.1, 0.15) is 11.8 Å². The third kappa shape index (κ3) is 5.17. The van der Waals surface area contributed by atoms with Gasteiger partial charge in [-0.05, 0) is 55.6 Å². The average Bonchev–Trinajstić information content (AvgIpc) is 3.60. The highest BCUT2D eigenvalue weighted by molar-refractivity contribution is 6.02. The summed E-state index contributed by atoms with van der Waals surface area (Å²) < 4.78 is 5.49. The maximum absolute atomic E-state index is 13.0. The van der Waals surface area contributed by atoms with Crippen molar-refractivity contribution in [3.8, 4) is 5.75 Å². The topological polar surface area (TPSA) is 82.2 Å². The van der Waals surface area contributed by atoms with E-state index in [4.69, 9.17) is 4.74 Å². The second-order valence-electron chi connectivity index (χ2n) is 10.6. The van der Waals surface area contributed by atoms with Gasteiger partial charge in [-0.2, -0.15) is 0 Å². The van der Waals surface area contributed by atoms with Gasteiger partial charge in [-0.3, -0.25) is 24.2 Å². The minimum Gasteiger partial charge on any atom is -0.495 e. The summed E-state index contributed by atoms with van der Waals surface area (Å²) in [6, 6.07) is 7.43.